The van der Waals surface area contributed by atoms with Gasteiger partial charge in [-0.05, 0) is 53.9 Å². The maximum atomic E-state index is 13.9. The van der Waals surface area contributed by atoms with Crippen LogP contribution in [0, 0.1) is 17.1 Å². The summed E-state index contributed by atoms with van der Waals surface area (Å²) in [7, 11) is 1.59. The number of aromatic nitrogens is 2. The molecule has 2 aromatic heterocycles. The largest absolute Gasteiger partial charge is 0.488 e. The Morgan fingerprint density at radius 1 is 1.24 bits per heavy atom. The second kappa shape index (κ2) is 8.75. The summed E-state index contributed by atoms with van der Waals surface area (Å²) in [5.41, 5.74) is 6.10. The van der Waals surface area contributed by atoms with E-state index in [1.165, 1.54) is 12.1 Å². The second-order valence-electron chi connectivity index (χ2n) is 8.17. The van der Waals surface area contributed by atoms with Gasteiger partial charge in [-0.1, -0.05) is 18.2 Å². The Hall–Kier alpha value is -3.99. The number of aliphatic hydroxyl groups excluding tert-OH is 1. The van der Waals surface area contributed by atoms with Gasteiger partial charge in [0.15, 0.2) is 0 Å². The van der Waals surface area contributed by atoms with Crippen LogP contribution in [0.5, 0.6) is 5.75 Å². The van der Waals surface area contributed by atoms with Crippen molar-refractivity contribution in [3.8, 4) is 11.8 Å². The molecule has 0 spiro atoms. The van der Waals surface area contributed by atoms with E-state index in [-0.39, 0.29) is 13.2 Å². The fourth-order valence-corrected chi connectivity index (χ4v) is 4.48. The first-order valence-electron chi connectivity index (χ1n) is 10.8. The molecule has 0 fully saturated rings. The first-order chi connectivity index (χ1) is 16.5. The minimum Gasteiger partial charge on any atom is -0.488 e. The summed E-state index contributed by atoms with van der Waals surface area (Å²) in [5, 5.41) is 21.1. The molecule has 1 aliphatic heterocycles. The first-order valence-corrected chi connectivity index (χ1v) is 10.8. The van der Waals surface area contributed by atoms with Crippen molar-refractivity contribution in [3.05, 3.63) is 106 Å². The molecule has 0 aliphatic carbocycles. The van der Waals surface area contributed by atoms with Crippen LogP contribution in [-0.4, -0.2) is 21.6 Å². The molecule has 0 radical (unpaired) electrons. The van der Waals surface area contributed by atoms with Crippen molar-refractivity contribution < 1.29 is 19.0 Å². The molecule has 3 heterocycles. The number of hydrogen-bond acceptors (Lipinski definition) is 5. The van der Waals surface area contributed by atoms with Crippen LogP contribution in [0.4, 0.5) is 4.39 Å². The lowest BCUT2D eigenvalue weighted by atomic mass is 9.89. The number of benzene rings is 2. The second-order valence-corrected chi connectivity index (χ2v) is 8.17. The third kappa shape index (κ3) is 3.63. The fourth-order valence-electron chi connectivity index (χ4n) is 4.48. The van der Waals surface area contributed by atoms with Crippen molar-refractivity contribution in [2.24, 2.45) is 0 Å². The molecule has 1 N–H and O–H groups in total. The maximum Gasteiger partial charge on any atom is 0.137 e. The monoisotopic (exact) mass is 455 g/mol. The van der Waals surface area contributed by atoms with E-state index in [2.05, 4.69) is 11.1 Å². The summed E-state index contributed by atoms with van der Waals surface area (Å²) in [6.45, 7) is 2.17. The van der Waals surface area contributed by atoms with Gasteiger partial charge in [0, 0.05) is 36.1 Å². The number of halogens is 1. The maximum absolute atomic E-state index is 13.9. The molecule has 170 valence electrons. The topological polar surface area (TPSA) is 79.8 Å². The van der Waals surface area contributed by atoms with Crippen LogP contribution in [0.2, 0.25) is 0 Å². The summed E-state index contributed by atoms with van der Waals surface area (Å²) in [5.74, 6) is -0.0277. The summed E-state index contributed by atoms with van der Waals surface area (Å²) in [4.78, 5) is 4.61. The highest BCUT2D eigenvalue weighted by atomic mass is 19.1. The Kier molecular flexibility index (Phi) is 5.62. The van der Waals surface area contributed by atoms with Gasteiger partial charge in [-0.2, -0.15) is 5.26 Å². The number of ether oxygens (including phenoxy) is 2. The van der Waals surface area contributed by atoms with E-state index in [1.54, 1.807) is 20.1 Å². The number of pyridine rings is 1. The van der Waals surface area contributed by atoms with Gasteiger partial charge in [-0.3, -0.25) is 0 Å². The number of nitrogens with zero attached hydrogens (tertiary/aromatic N) is 3. The Balaban J connectivity index is 1.64. The summed E-state index contributed by atoms with van der Waals surface area (Å²) in [6.07, 6.45) is 0.884. The third-order valence-electron chi connectivity index (χ3n) is 6.04. The summed E-state index contributed by atoms with van der Waals surface area (Å²) >= 11 is 0. The molecule has 0 amide bonds. The van der Waals surface area contributed by atoms with Gasteiger partial charge in [0.1, 0.15) is 29.9 Å². The van der Waals surface area contributed by atoms with Crippen molar-refractivity contribution in [2.45, 2.75) is 26.2 Å². The van der Waals surface area contributed by atoms with E-state index in [4.69, 9.17) is 9.47 Å². The number of methoxy groups -OCH3 is 1. The van der Waals surface area contributed by atoms with Gasteiger partial charge in [-0.15, -0.1) is 0 Å². The van der Waals surface area contributed by atoms with Crippen LogP contribution in [0.25, 0.3) is 11.2 Å². The van der Waals surface area contributed by atoms with Crippen LogP contribution in [0.15, 0.2) is 66.4 Å². The molecule has 7 heteroatoms. The van der Waals surface area contributed by atoms with Crippen LogP contribution in [-0.2, 0) is 18.0 Å². The Morgan fingerprint density at radius 2 is 2.06 bits per heavy atom. The lowest BCUT2D eigenvalue weighted by Crippen LogP contribution is -2.09. The minimum atomic E-state index is -0.972. The Morgan fingerprint density at radius 3 is 2.85 bits per heavy atom. The van der Waals surface area contributed by atoms with Gasteiger partial charge in [-0.25, -0.2) is 9.37 Å². The predicted molar refractivity (Wildman–Crippen MR) is 124 cm³/mol. The fraction of sp³-hybridized carbons (Fsp3) is 0.185. The molecular formula is C27H22FN3O3. The third-order valence-corrected chi connectivity index (χ3v) is 6.04. The lowest BCUT2D eigenvalue weighted by Gasteiger charge is -2.17. The number of rotatable bonds is 4. The average molecular weight is 455 g/mol. The molecule has 4 aromatic rings. The molecular weight excluding hydrogens is 433 g/mol. The van der Waals surface area contributed by atoms with E-state index in [1.807, 2.05) is 47.0 Å². The summed E-state index contributed by atoms with van der Waals surface area (Å²) in [6, 6.07) is 17.8. The van der Waals surface area contributed by atoms with Gasteiger partial charge < -0.3 is 19.0 Å². The number of aliphatic hydroxyl groups is 1. The summed E-state index contributed by atoms with van der Waals surface area (Å²) < 4.78 is 27.0. The highest BCUT2D eigenvalue weighted by Crippen LogP contribution is 2.40. The number of nitriles is 1. The standard InChI is InChI=1S/C27H22FN3O3/c1-16(13-29)25-20-8-6-17(11-18(20)14-34-23-12-19(28)7-9-21(23)25)27(32)26-22(15-33-2)30-24-5-3-4-10-31(24)26/h3-12,27,32H,14-15H2,1-2H3. The SMILES string of the molecule is COCc1nc2ccccn2c1C(O)c1ccc2c(c1)COc1cc(F)ccc1C2=C(C)C#N. The van der Waals surface area contributed by atoms with Crippen LogP contribution < -0.4 is 4.74 Å². The van der Waals surface area contributed by atoms with E-state index < -0.39 is 11.9 Å². The quantitative estimate of drug-likeness (QED) is 0.441. The Bertz CT molecular complexity index is 1480. The van der Waals surface area contributed by atoms with Gasteiger partial charge >= 0.3 is 0 Å². The van der Waals surface area contributed by atoms with Crippen molar-refractivity contribution in [2.75, 3.05) is 7.11 Å². The normalized spacial score (nSPS) is 15.0. The zero-order valence-electron chi connectivity index (χ0n) is 18.7. The van der Waals surface area contributed by atoms with E-state index in [0.29, 0.717) is 45.1 Å². The molecule has 0 saturated heterocycles. The number of imidazole rings is 1. The molecule has 0 bridgehead atoms. The van der Waals surface area contributed by atoms with Gasteiger partial charge in [0.25, 0.3) is 0 Å². The van der Waals surface area contributed by atoms with Crippen LogP contribution in [0.3, 0.4) is 0 Å². The molecule has 1 atom stereocenters. The first kappa shape index (κ1) is 21.8. The zero-order chi connectivity index (χ0) is 23.8. The molecule has 34 heavy (non-hydrogen) atoms. The van der Waals surface area contributed by atoms with E-state index >= 15 is 0 Å². The van der Waals surface area contributed by atoms with Crippen molar-refractivity contribution in [1.82, 2.24) is 9.38 Å². The highest BCUT2D eigenvalue weighted by Gasteiger charge is 2.25. The molecule has 5 rings (SSSR count). The number of hydrogen-bond donors (Lipinski definition) is 1. The zero-order valence-corrected chi connectivity index (χ0v) is 18.7. The molecule has 1 unspecified atom stereocenters. The molecule has 0 saturated carbocycles. The van der Waals surface area contributed by atoms with Gasteiger partial charge in [0.05, 0.1) is 24.1 Å². The average Bonchev–Trinajstić information content (AvgIpc) is 3.13. The van der Waals surface area contributed by atoms with Crippen molar-refractivity contribution in [1.29, 1.82) is 5.26 Å². The van der Waals surface area contributed by atoms with Crippen molar-refractivity contribution in [3.63, 3.8) is 0 Å². The molecule has 6 nitrogen and oxygen atoms in total. The number of fused-ring (bicyclic) bond motifs is 3. The predicted octanol–water partition coefficient (Wildman–Crippen LogP) is 4.94. The van der Waals surface area contributed by atoms with E-state index in [0.717, 1.165) is 11.1 Å². The van der Waals surface area contributed by atoms with Crippen LogP contribution in [0.1, 0.15) is 46.7 Å². The van der Waals surface area contributed by atoms with E-state index in [9.17, 15) is 14.8 Å². The Labute approximate surface area is 196 Å². The van der Waals surface area contributed by atoms with Crippen molar-refractivity contribution >= 4 is 11.2 Å². The number of allylic oxidation sites excluding steroid dienone is 1. The van der Waals surface area contributed by atoms with Crippen LogP contribution >= 0.6 is 0 Å². The molecule has 1 aliphatic rings. The minimum absolute atomic E-state index is 0.173. The van der Waals surface area contributed by atoms with Gasteiger partial charge in [0.2, 0.25) is 0 Å². The lowest BCUT2D eigenvalue weighted by molar-refractivity contribution is 0.172. The molecule has 2 aromatic carbocycles. The highest BCUT2D eigenvalue weighted by molar-refractivity contribution is 5.88. The smallest absolute Gasteiger partial charge is 0.137 e.